The zero-order chi connectivity index (χ0) is 21.0. The van der Waals surface area contributed by atoms with Crippen molar-refractivity contribution in [2.75, 3.05) is 44.8 Å². The summed E-state index contributed by atoms with van der Waals surface area (Å²) in [4.78, 5) is 23.1. The molecule has 3 rings (SSSR count). The molecule has 29 heavy (non-hydrogen) atoms. The molecule has 1 aromatic heterocycles. The molecule has 0 N–H and O–H groups in total. The Morgan fingerprint density at radius 1 is 1.14 bits per heavy atom. The summed E-state index contributed by atoms with van der Waals surface area (Å²) in [6.07, 6.45) is -5.06. The number of carbonyl (C=O) groups is 1. The van der Waals surface area contributed by atoms with Gasteiger partial charge in [-0.05, 0) is 25.1 Å². The van der Waals surface area contributed by atoms with E-state index in [1.54, 1.807) is 36.1 Å². The van der Waals surface area contributed by atoms with E-state index in [4.69, 9.17) is 9.47 Å². The normalized spacial score (nSPS) is 14.7. The molecule has 0 unspecified atom stereocenters. The lowest BCUT2D eigenvalue weighted by Crippen LogP contribution is -2.49. The number of piperazine rings is 1. The van der Waals surface area contributed by atoms with Crippen LogP contribution in [0.1, 0.15) is 12.6 Å². The van der Waals surface area contributed by atoms with Crippen molar-refractivity contribution in [2.24, 2.45) is 0 Å². The van der Waals surface area contributed by atoms with Crippen LogP contribution in [-0.4, -0.2) is 60.9 Å². The van der Waals surface area contributed by atoms with Crippen molar-refractivity contribution in [2.45, 2.75) is 13.1 Å². The van der Waals surface area contributed by atoms with Crippen molar-refractivity contribution in [1.29, 1.82) is 0 Å². The van der Waals surface area contributed by atoms with E-state index in [1.807, 2.05) is 0 Å². The van der Waals surface area contributed by atoms with E-state index in [2.05, 4.69) is 9.97 Å². The maximum atomic E-state index is 13.5. The van der Waals surface area contributed by atoms with Crippen LogP contribution in [0.3, 0.4) is 0 Å². The number of nitrogens with zero attached hydrogens (tertiary/aromatic N) is 4. The molecule has 0 bridgehead atoms. The number of hydrogen-bond acceptors (Lipinski definition) is 6. The molecule has 1 fully saturated rings. The van der Waals surface area contributed by atoms with Gasteiger partial charge in [-0.25, -0.2) is 14.8 Å². The largest absolute Gasteiger partial charge is 0.496 e. The number of aromatic nitrogens is 2. The van der Waals surface area contributed by atoms with Crippen molar-refractivity contribution in [3.8, 4) is 17.0 Å². The van der Waals surface area contributed by atoms with Gasteiger partial charge in [0.05, 0.1) is 19.4 Å². The average Bonchev–Trinajstić information content (AvgIpc) is 2.73. The van der Waals surface area contributed by atoms with Gasteiger partial charge in [-0.3, -0.25) is 0 Å². The third-order valence-corrected chi connectivity index (χ3v) is 4.48. The quantitative estimate of drug-likeness (QED) is 0.769. The summed E-state index contributed by atoms with van der Waals surface area (Å²) in [5, 5.41) is 0. The molecule has 7 nitrogen and oxygen atoms in total. The third-order valence-electron chi connectivity index (χ3n) is 4.48. The highest BCUT2D eigenvalue weighted by Gasteiger charge is 2.35. The number of carbonyl (C=O) groups excluding carboxylic acids is 1. The van der Waals surface area contributed by atoms with Gasteiger partial charge in [0.2, 0.25) is 5.95 Å². The summed E-state index contributed by atoms with van der Waals surface area (Å²) in [5.41, 5.74) is -0.474. The number of alkyl halides is 3. The van der Waals surface area contributed by atoms with E-state index < -0.39 is 18.0 Å². The lowest BCUT2D eigenvalue weighted by molar-refractivity contribution is -0.141. The van der Waals surface area contributed by atoms with Gasteiger partial charge in [-0.15, -0.1) is 0 Å². The maximum Gasteiger partial charge on any atom is 0.433 e. The number of benzene rings is 1. The zero-order valence-corrected chi connectivity index (χ0v) is 16.1. The van der Waals surface area contributed by atoms with Crippen LogP contribution in [0.15, 0.2) is 30.3 Å². The van der Waals surface area contributed by atoms with Gasteiger partial charge in [0.25, 0.3) is 0 Å². The van der Waals surface area contributed by atoms with E-state index in [-0.39, 0.29) is 18.2 Å². The molecule has 10 heteroatoms. The Morgan fingerprint density at radius 3 is 2.45 bits per heavy atom. The minimum Gasteiger partial charge on any atom is -0.496 e. The first kappa shape index (κ1) is 20.7. The molecule has 0 atom stereocenters. The second-order valence-corrected chi connectivity index (χ2v) is 6.31. The second kappa shape index (κ2) is 8.54. The number of amides is 1. The monoisotopic (exact) mass is 410 g/mol. The lowest BCUT2D eigenvalue weighted by atomic mass is 10.1. The minimum absolute atomic E-state index is 0.0377. The fraction of sp³-hybridized carbons (Fsp3) is 0.421. The van der Waals surface area contributed by atoms with E-state index >= 15 is 0 Å². The average molecular weight is 410 g/mol. The number of rotatable bonds is 4. The maximum absolute atomic E-state index is 13.5. The van der Waals surface area contributed by atoms with Crippen LogP contribution in [0.25, 0.3) is 11.3 Å². The lowest BCUT2D eigenvalue weighted by Gasteiger charge is -2.34. The smallest absolute Gasteiger partial charge is 0.433 e. The molecule has 0 radical (unpaired) electrons. The predicted octanol–water partition coefficient (Wildman–Crippen LogP) is 3.45. The molecule has 1 saturated heterocycles. The Kier molecular flexibility index (Phi) is 6.09. The summed E-state index contributed by atoms with van der Waals surface area (Å²) in [5.74, 6) is 0.377. The highest BCUT2D eigenvalue weighted by atomic mass is 19.4. The van der Waals surface area contributed by atoms with Gasteiger partial charge in [0, 0.05) is 31.7 Å². The Bertz CT molecular complexity index is 868. The molecular weight excluding hydrogens is 389 g/mol. The molecule has 0 aliphatic carbocycles. The fourth-order valence-corrected chi connectivity index (χ4v) is 3.02. The van der Waals surface area contributed by atoms with Gasteiger partial charge >= 0.3 is 12.3 Å². The highest BCUT2D eigenvalue weighted by Crippen LogP contribution is 2.34. The first-order valence-electron chi connectivity index (χ1n) is 9.09. The first-order valence-corrected chi connectivity index (χ1v) is 9.09. The third kappa shape index (κ3) is 4.69. The van der Waals surface area contributed by atoms with Crippen LogP contribution < -0.4 is 9.64 Å². The molecule has 2 aromatic rings. The van der Waals surface area contributed by atoms with E-state index in [0.29, 0.717) is 37.5 Å². The summed E-state index contributed by atoms with van der Waals surface area (Å²) in [7, 11) is 1.44. The van der Waals surface area contributed by atoms with Gasteiger partial charge in [0.1, 0.15) is 5.75 Å². The van der Waals surface area contributed by atoms with Gasteiger partial charge in [-0.1, -0.05) is 12.1 Å². The summed E-state index contributed by atoms with van der Waals surface area (Å²) >= 11 is 0. The Labute approximate surface area is 166 Å². The topological polar surface area (TPSA) is 67.8 Å². The zero-order valence-electron chi connectivity index (χ0n) is 16.1. The summed E-state index contributed by atoms with van der Waals surface area (Å²) in [6, 6.07) is 7.64. The van der Waals surface area contributed by atoms with Crippen LogP contribution in [0.4, 0.5) is 23.9 Å². The number of ether oxygens (including phenoxy) is 2. The standard InChI is InChI=1S/C19H21F3N4O3/c1-3-29-18(27)26-10-8-25(9-11-26)17-23-14(12-16(24-17)19(20,21)22)13-6-4-5-7-15(13)28-2/h4-7,12H,3,8-11H2,1-2H3. The van der Waals surface area contributed by atoms with E-state index in [1.165, 1.54) is 12.0 Å². The number of para-hydroxylation sites is 1. The van der Waals surface area contributed by atoms with E-state index in [9.17, 15) is 18.0 Å². The van der Waals surface area contributed by atoms with Crippen molar-refractivity contribution in [3.63, 3.8) is 0 Å². The van der Waals surface area contributed by atoms with Gasteiger partial charge < -0.3 is 19.3 Å². The van der Waals surface area contributed by atoms with Crippen molar-refractivity contribution < 1.29 is 27.4 Å². The molecule has 0 spiro atoms. The number of methoxy groups -OCH3 is 1. The fourth-order valence-electron chi connectivity index (χ4n) is 3.02. The first-order chi connectivity index (χ1) is 13.8. The SMILES string of the molecule is CCOC(=O)N1CCN(c2nc(-c3ccccc3OC)cc(C(F)(F)F)n2)CC1. The molecule has 1 aliphatic rings. The van der Waals surface area contributed by atoms with Crippen LogP contribution in [-0.2, 0) is 10.9 Å². The number of hydrogen-bond donors (Lipinski definition) is 0. The van der Waals surface area contributed by atoms with Crippen molar-refractivity contribution in [1.82, 2.24) is 14.9 Å². The van der Waals surface area contributed by atoms with Crippen LogP contribution in [0.2, 0.25) is 0 Å². The highest BCUT2D eigenvalue weighted by molar-refractivity contribution is 5.69. The Hall–Kier alpha value is -3.04. The Balaban J connectivity index is 1.92. The van der Waals surface area contributed by atoms with Crippen LogP contribution >= 0.6 is 0 Å². The summed E-state index contributed by atoms with van der Waals surface area (Å²) in [6.45, 7) is 3.18. The number of halogens is 3. The van der Waals surface area contributed by atoms with Crippen LogP contribution in [0.5, 0.6) is 5.75 Å². The van der Waals surface area contributed by atoms with E-state index in [0.717, 1.165) is 6.07 Å². The van der Waals surface area contributed by atoms with Gasteiger partial charge in [-0.2, -0.15) is 13.2 Å². The molecular formula is C19H21F3N4O3. The van der Waals surface area contributed by atoms with Crippen LogP contribution in [0, 0.1) is 0 Å². The molecule has 2 heterocycles. The summed E-state index contributed by atoms with van der Waals surface area (Å²) < 4.78 is 50.6. The van der Waals surface area contributed by atoms with Gasteiger partial charge in [0.15, 0.2) is 5.69 Å². The molecule has 1 amide bonds. The predicted molar refractivity (Wildman–Crippen MR) is 99.8 cm³/mol. The van der Waals surface area contributed by atoms with Crippen molar-refractivity contribution >= 4 is 12.0 Å². The Morgan fingerprint density at radius 2 is 1.83 bits per heavy atom. The minimum atomic E-state index is -4.62. The second-order valence-electron chi connectivity index (χ2n) is 6.31. The molecule has 1 aliphatic heterocycles. The van der Waals surface area contributed by atoms with Crippen molar-refractivity contribution in [3.05, 3.63) is 36.0 Å². The number of anilines is 1. The molecule has 0 saturated carbocycles. The molecule has 156 valence electrons. The molecule has 1 aromatic carbocycles.